The summed E-state index contributed by atoms with van der Waals surface area (Å²) >= 11 is 0. The van der Waals surface area contributed by atoms with Crippen molar-refractivity contribution in [3.63, 3.8) is 0 Å². The first-order chi connectivity index (χ1) is 24.7. The van der Waals surface area contributed by atoms with Gasteiger partial charge >= 0.3 is 0 Å². The van der Waals surface area contributed by atoms with Crippen LogP contribution in [0.2, 0.25) is 0 Å². The number of benzene rings is 7. The second kappa shape index (κ2) is 11.8. The molecule has 3 nitrogen and oxygen atoms in total. The molecular weight excluding hydrogens is 607 g/mol. The van der Waals surface area contributed by atoms with E-state index in [1.54, 1.807) is 0 Å². The minimum atomic E-state index is 0.677. The molecule has 2 unspecified atom stereocenters. The van der Waals surface area contributed by atoms with E-state index in [1.165, 1.54) is 61.5 Å². The third-order valence-electron chi connectivity index (χ3n) is 10.3. The largest absolute Gasteiger partial charge is 0.289 e. The van der Waals surface area contributed by atoms with Gasteiger partial charge in [-0.05, 0) is 67.1 Å². The highest BCUT2D eigenvalue weighted by Crippen LogP contribution is 2.36. The van der Waals surface area contributed by atoms with E-state index < -0.39 is 0 Å². The van der Waals surface area contributed by atoms with Gasteiger partial charge in [-0.25, -0.2) is 9.97 Å². The second-order valence-electron chi connectivity index (χ2n) is 13.5. The van der Waals surface area contributed by atoms with Crippen LogP contribution in [-0.4, -0.2) is 34.0 Å². The first kappa shape index (κ1) is 28.8. The number of nitrogens with zero attached hydrogens (tertiary/aromatic N) is 3. The van der Waals surface area contributed by atoms with Gasteiger partial charge in [-0.1, -0.05) is 158 Å². The highest BCUT2D eigenvalue weighted by Gasteiger charge is 2.37. The lowest BCUT2D eigenvalue weighted by molar-refractivity contribution is 0.628. The molecule has 1 fully saturated rings. The average molecular weight is 640 g/mol. The number of hydrogen-bond acceptors (Lipinski definition) is 3. The average Bonchev–Trinajstić information content (AvgIpc) is 3.81. The highest BCUT2D eigenvalue weighted by molar-refractivity contribution is 5.97. The van der Waals surface area contributed by atoms with E-state index in [1.807, 2.05) is 0 Å². The maximum atomic E-state index is 5.16. The molecule has 0 saturated carbocycles. The van der Waals surface area contributed by atoms with Crippen molar-refractivity contribution in [2.45, 2.75) is 6.04 Å². The summed E-state index contributed by atoms with van der Waals surface area (Å²) in [5.41, 5.74) is 12.5. The van der Waals surface area contributed by atoms with Gasteiger partial charge in [0.2, 0.25) is 0 Å². The summed E-state index contributed by atoms with van der Waals surface area (Å²) < 4.78 is 0. The van der Waals surface area contributed by atoms with E-state index in [9.17, 15) is 0 Å². The molecule has 236 valence electrons. The van der Waals surface area contributed by atoms with E-state index in [0.717, 1.165) is 34.6 Å². The highest BCUT2D eigenvalue weighted by atomic mass is 15.3. The molecule has 0 aliphatic carbocycles. The Hall–Kier alpha value is -6.16. The lowest BCUT2D eigenvalue weighted by atomic mass is 9.97. The molecule has 50 heavy (non-hydrogen) atoms. The van der Waals surface area contributed by atoms with Crippen molar-refractivity contribution < 1.29 is 0 Å². The van der Waals surface area contributed by atoms with Gasteiger partial charge < -0.3 is 0 Å². The lowest BCUT2D eigenvalue weighted by Gasteiger charge is -2.12. The minimum Gasteiger partial charge on any atom is -0.289 e. The lowest BCUT2D eigenvalue weighted by Crippen LogP contribution is -1.97. The van der Waals surface area contributed by atoms with Gasteiger partial charge in [-0.3, -0.25) is 4.90 Å². The summed E-state index contributed by atoms with van der Waals surface area (Å²) in [5.74, 6) is 0.713. The zero-order valence-corrected chi connectivity index (χ0v) is 27.5. The van der Waals surface area contributed by atoms with E-state index in [-0.39, 0.29) is 0 Å². The summed E-state index contributed by atoms with van der Waals surface area (Å²) in [5, 5.41) is 4.90. The van der Waals surface area contributed by atoms with Crippen molar-refractivity contribution in [2.24, 2.45) is 0 Å². The van der Waals surface area contributed by atoms with Gasteiger partial charge in [-0.2, -0.15) is 0 Å². The normalized spacial score (nSPS) is 16.4. The maximum absolute atomic E-state index is 5.16. The van der Waals surface area contributed by atoms with Gasteiger partial charge in [0, 0.05) is 35.8 Å². The first-order valence-corrected chi connectivity index (χ1v) is 17.3. The SMILES string of the molecule is C1=C(c2ccc(-c3ccc(-c4cc(-c5ccc6ccccc6c5)nc(-c5ccc(-c6cccc7ccccc67)cc5)n4)cc3)cc2)CN2CC12. The molecule has 2 aliphatic heterocycles. The molecule has 1 saturated heterocycles. The summed E-state index contributed by atoms with van der Waals surface area (Å²) in [7, 11) is 0. The Morgan fingerprint density at radius 2 is 1.02 bits per heavy atom. The van der Waals surface area contributed by atoms with Crippen molar-refractivity contribution in [2.75, 3.05) is 13.1 Å². The van der Waals surface area contributed by atoms with Crippen LogP contribution in [0.5, 0.6) is 0 Å². The monoisotopic (exact) mass is 639 g/mol. The zero-order valence-electron chi connectivity index (χ0n) is 27.5. The minimum absolute atomic E-state index is 0.677. The van der Waals surface area contributed by atoms with Crippen molar-refractivity contribution in [1.29, 1.82) is 0 Å². The Balaban J connectivity index is 1.01. The van der Waals surface area contributed by atoms with Crippen molar-refractivity contribution in [3.8, 4) is 56.2 Å². The molecule has 1 aromatic heterocycles. The van der Waals surface area contributed by atoms with Crippen LogP contribution in [0.4, 0.5) is 0 Å². The van der Waals surface area contributed by atoms with Gasteiger partial charge in [-0.15, -0.1) is 0 Å². The van der Waals surface area contributed by atoms with Gasteiger partial charge in [0.15, 0.2) is 5.82 Å². The van der Waals surface area contributed by atoms with Crippen LogP contribution >= 0.6 is 0 Å². The molecule has 2 atom stereocenters. The van der Waals surface area contributed by atoms with Crippen molar-refractivity contribution >= 4 is 27.1 Å². The van der Waals surface area contributed by atoms with Crippen molar-refractivity contribution in [1.82, 2.24) is 14.9 Å². The predicted octanol–water partition coefficient (Wildman–Crippen LogP) is 11.2. The smallest absolute Gasteiger partial charge is 0.160 e. The third kappa shape index (κ3) is 5.29. The quantitative estimate of drug-likeness (QED) is 0.170. The molecule has 2 aliphatic rings. The van der Waals surface area contributed by atoms with Crippen molar-refractivity contribution in [3.05, 3.63) is 175 Å². The van der Waals surface area contributed by atoms with Crippen LogP contribution < -0.4 is 0 Å². The molecule has 0 radical (unpaired) electrons. The number of fused-ring (bicyclic) bond motifs is 3. The fraction of sp³-hybridized carbons (Fsp3) is 0.0638. The number of aromatic nitrogens is 2. The molecule has 0 amide bonds. The molecule has 0 bridgehead atoms. The van der Waals surface area contributed by atoms with Gasteiger partial charge in [0.05, 0.1) is 11.4 Å². The van der Waals surface area contributed by atoms with E-state index in [0.29, 0.717) is 11.9 Å². The molecule has 10 rings (SSSR count). The number of rotatable bonds is 6. The molecule has 0 N–H and O–H groups in total. The molecule has 0 spiro atoms. The van der Waals surface area contributed by atoms with E-state index in [4.69, 9.17) is 9.97 Å². The van der Waals surface area contributed by atoms with Crippen LogP contribution in [0, 0.1) is 0 Å². The molecule has 3 heteroatoms. The summed E-state index contributed by atoms with van der Waals surface area (Å²) in [4.78, 5) is 12.8. The Morgan fingerprint density at radius 1 is 0.440 bits per heavy atom. The van der Waals surface area contributed by atoms with Crippen LogP contribution in [0.3, 0.4) is 0 Å². The summed E-state index contributed by atoms with van der Waals surface area (Å²) in [6, 6.07) is 59.3. The predicted molar refractivity (Wildman–Crippen MR) is 208 cm³/mol. The molecular formula is C47H33N3. The van der Waals surface area contributed by atoms with Crippen LogP contribution in [-0.2, 0) is 0 Å². The Kier molecular flexibility index (Phi) is 6.78. The zero-order chi connectivity index (χ0) is 33.0. The number of hydrogen-bond donors (Lipinski definition) is 0. The van der Waals surface area contributed by atoms with Gasteiger partial charge in [0.25, 0.3) is 0 Å². The van der Waals surface area contributed by atoms with Crippen LogP contribution in [0.15, 0.2) is 170 Å². The second-order valence-corrected chi connectivity index (χ2v) is 13.5. The Bertz CT molecular complexity index is 2580. The fourth-order valence-corrected chi connectivity index (χ4v) is 7.43. The van der Waals surface area contributed by atoms with E-state index in [2.05, 4.69) is 175 Å². The summed E-state index contributed by atoms with van der Waals surface area (Å²) in [6.07, 6.45) is 2.42. The Labute approximate surface area is 291 Å². The molecule has 8 aromatic rings. The first-order valence-electron chi connectivity index (χ1n) is 17.3. The van der Waals surface area contributed by atoms with Gasteiger partial charge in [0.1, 0.15) is 0 Å². The fourth-order valence-electron chi connectivity index (χ4n) is 7.43. The van der Waals surface area contributed by atoms with E-state index >= 15 is 0 Å². The third-order valence-corrected chi connectivity index (χ3v) is 10.3. The molecule has 7 aromatic carbocycles. The Morgan fingerprint density at radius 3 is 1.76 bits per heavy atom. The standard InChI is InChI=1S/C47H33N3/c1-2-8-39-26-40(25-18-31(39)6-1)46-28-45(37-21-16-33(17-22-37)32-12-14-34(15-13-32)41-27-42-30-50(42)29-41)48-47(49-46)38-23-19-36(20-24-38)44-11-5-9-35-7-3-4-10-43(35)44/h1-28,42H,29-30H2. The molecule has 3 heterocycles. The van der Waals surface area contributed by atoms with Crippen LogP contribution in [0.1, 0.15) is 5.56 Å². The topological polar surface area (TPSA) is 28.8 Å². The maximum Gasteiger partial charge on any atom is 0.160 e. The van der Waals surface area contributed by atoms with Crippen LogP contribution in [0.25, 0.3) is 83.3 Å². The summed E-state index contributed by atoms with van der Waals surface area (Å²) in [6.45, 7) is 2.30.